The number of rotatable bonds is 5. The molecule has 0 aliphatic heterocycles. The van der Waals surface area contributed by atoms with Gasteiger partial charge in [-0.3, -0.25) is 4.79 Å². The molecule has 0 saturated heterocycles. The van der Waals surface area contributed by atoms with Crippen LogP contribution in [0.1, 0.15) is 11.1 Å². The van der Waals surface area contributed by atoms with Gasteiger partial charge in [0.15, 0.2) is 11.3 Å². The molecule has 0 radical (unpaired) electrons. The lowest BCUT2D eigenvalue weighted by Crippen LogP contribution is -2.28. The van der Waals surface area contributed by atoms with Gasteiger partial charge in [-0.15, -0.1) is 0 Å². The van der Waals surface area contributed by atoms with E-state index in [0.717, 1.165) is 17.0 Å². The van der Waals surface area contributed by atoms with Gasteiger partial charge < -0.3 is 19.8 Å². The first-order chi connectivity index (χ1) is 13.2. The molecule has 2 rings (SSSR count). The lowest BCUT2D eigenvalue weighted by molar-refractivity contribution is -0.126. The Hall–Kier alpha value is -2.95. The van der Waals surface area contributed by atoms with Crippen molar-refractivity contribution >= 4 is 34.9 Å². The molecule has 0 unspecified atom stereocenters. The summed E-state index contributed by atoms with van der Waals surface area (Å²) in [7, 11) is 2.77. The topological polar surface area (TPSA) is 93.8 Å². The molecular weight excluding hydrogens is 410 g/mol. The molecule has 0 aliphatic rings. The van der Waals surface area contributed by atoms with Gasteiger partial charge in [-0.25, -0.2) is 4.39 Å². The zero-order chi connectivity index (χ0) is 21.0. The van der Waals surface area contributed by atoms with E-state index in [1.165, 1.54) is 32.4 Å². The molecule has 146 valence electrons. The summed E-state index contributed by atoms with van der Waals surface area (Å²) in [6.45, 7) is -0.169. The number of aliphatic hydroxyl groups excluding tert-OH is 1. The van der Waals surface area contributed by atoms with Crippen LogP contribution in [0, 0.1) is 17.1 Å². The number of nitrogens with zero attached hydrogens (tertiary/aromatic N) is 2. The first-order valence-corrected chi connectivity index (χ1v) is 8.54. The van der Waals surface area contributed by atoms with E-state index < -0.39 is 28.8 Å². The van der Waals surface area contributed by atoms with E-state index in [0.29, 0.717) is 5.75 Å². The third kappa shape index (κ3) is 4.47. The van der Waals surface area contributed by atoms with Gasteiger partial charge >= 0.3 is 0 Å². The maximum absolute atomic E-state index is 14.0. The van der Waals surface area contributed by atoms with Crippen LogP contribution in [0.25, 0.3) is 5.76 Å². The van der Waals surface area contributed by atoms with Gasteiger partial charge in [0.1, 0.15) is 23.4 Å². The Morgan fingerprint density at radius 3 is 2.43 bits per heavy atom. The number of amides is 1. The summed E-state index contributed by atoms with van der Waals surface area (Å²) in [5.41, 5.74) is -0.454. The third-order valence-electron chi connectivity index (χ3n) is 3.86. The van der Waals surface area contributed by atoms with Crippen LogP contribution in [-0.2, 0) is 11.3 Å². The monoisotopic (exact) mass is 424 g/mol. The Kier molecular flexibility index (Phi) is 6.73. The van der Waals surface area contributed by atoms with E-state index in [9.17, 15) is 24.7 Å². The number of halogens is 3. The van der Waals surface area contributed by atoms with E-state index in [1.807, 2.05) is 0 Å². The predicted octanol–water partition coefficient (Wildman–Crippen LogP) is 4.30. The summed E-state index contributed by atoms with van der Waals surface area (Å²) in [5.74, 6) is -2.05. The number of nitriles is 1. The normalized spacial score (nSPS) is 11.4. The van der Waals surface area contributed by atoms with Crippen LogP contribution < -0.4 is 4.74 Å². The van der Waals surface area contributed by atoms with Crippen LogP contribution in [0.2, 0.25) is 10.0 Å². The minimum atomic E-state index is -0.845. The maximum Gasteiger partial charge on any atom is 0.268 e. The number of aromatic hydroxyl groups is 1. The fourth-order valence-corrected chi connectivity index (χ4v) is 2.85. The van der Waals surface area contributed by atoms with E-state index in [-0.39, 0.29) is 27.7 Å². The molecule has 0 bridgehead atoms. The fourth-order valence-electron chi connectivity index (χ4n) is 2.37. The van der Waals surface area contributed by atoms with E-state index in [1.54, 1.807) is 6.07 Å². The number of hydrogen-bond donors (Lipinski definition) is 2. The highest BCUT2D eigenvalue weighted by atomic mass is 35.5. The van der Waals surface area contributed by atoms with Crippen LogP contribution in [0.5, 0.6) is 11.5 Å². The zero-order valence-electron chi connectivity index (χ0n) is 14.8. The number of aliphatic hydroxyl groups is 1. The van der Waals surface area contributed by atoms with E-state index in [4.69, 9.17) is 27.9 Å². The molecule has 0 aliphatic carbocycles. The lowest BCUT2D eigenvalue weighted by Gasteiger charge is -2.18. The van der Waals surface area contributed by atoms with Crippen molar-refractivity contribution in [3.8, 4) is 17.6 Å². The summed E-state index contributed by atoms with van der Waals surface area (Å²) in [4.78, 5) is 13.7. The SMILES string of the molecule is COc1ccc(F)c(CN(C)C(=O)/C(C#N)=C(\O)c2cc(Cl)c(O)c(Cl)c2)c1. The van der Waals surface area contributed by atoms with Crippen molar-refractivity contribution in [3.05, 3.63) is 62.9 Å². The van der Waals surface area contributed by atoms with Gasteiger partial charge in [0, 0.05) is 24.7 Å². The maximum atomic E-state index is 14.0. The number of benzene rings is 2. The highest BCUT2D eigenvalue weighted by Crippen LogP contribution is 2.35. The molecule has 6 nitrogen and oxygen atoms in total. The van der Waals surface area contributed by atoms with Crippen LogP contribution in [0.15, 0.2) is 35.9 Å². The average Bonchev–Trinajstić information content (AvgIpc) is 2.67. The van der Waals surface area contributed by atoms with Gasteiger partial charge in [0.05, 0.1) is 17.2 Å². The predicted molar refractivity (Wildman–Crippen MR) is 103 cm³/mol. The summed E-state index contributed by atoms with van der Waals surface area (Å²) >= 11 is 11.6. The number of phenolic OH excluding ortho intramolecular Hbond substituents is 1. The molecular formula is C19H15Cl2FN2O4. The van der Waals surface area contributed by atoms with Crippen molar-refractivity contribution in [1.82, 2.24) is 4.90 Å². The highest BCUT2D eigenvalue weighted by molar-refractivity contribution is 6.37. The van der Waals surface area contributed by atoms with Crippen molar-refractivity contribution < 1.29 is 24.1 Å². The van der Waals surface area contributed by atoms with Crippen molar-refractivity contribution in [2.24, 2.45) is 0 Å². The number of carbonyl (C=O) groups excluding carboxylic acids is 1. The smallest absolute Gasteiger partial charge is 0.268 e. The number of carbonyl (C=O) groups is 1. The fraction of sp³-hybridized carbons (Fsp3) is 0.158. The Labute approximate surface area is 170 Å². The molecule has 2 N–H and O–H groups in total. The Morgan fingerprint density at radius 1 is 1.29 bits per heavy atom. The molecule has 0 atom stereocenters. The van der Waals surface area contributed by atoms with E-state index in [2.05, 4.69) is 0 Å². The number of ether oxygens (including phenoxy) is 1. The molecule has 9 heteroatoms. The second-order valence-electron chi connectivity index (χ2n) is 5.74. The Bertz CT molecular complexity index is 979. The second-order valence-corrected chi connectivity index (χ2v) is 6.56. The van der Waals surface area contributed by atoms with Crippen LogP contribution in [0.3, 0.4) is 0 Å². The summed E-state index contributed by atoms with van der Waals surface area (Å²) < 4.78 is 19.0. The molecule has 1 amide bonds. The molecule has 2 aromatic rings. The van der Waals surface area contributed by atoms with Crippen molar-refractivity contribution in [2.75, 3.05) is 14.2 Å². The van der Waals surface area contributed by atoms with Crippen LogP contribution >= 0.6 is 23.2 Å². The third-order valence-corrected chi connectivity index (χ3v) is 4.44. The molecule has 0 fully saturated rings. The summed E-state index contributed by atoms with van der Waals surface area (Å²) in [6, 6.07) is 8.00. The van der Waals surface area contributed by atoms with Gasteiger partial charge in [-0.05, 0) is 30.3 Å². The number of likely N-dealkylation sites (N-methyl/N-ethyl adjacent to an activating group) is 1. The molecule has 0 spiro atoms. The summed E-state index contributed by atoms with van der Waals surface area (Å²) in [5, 5.41) is 29.0. The van der Waals surface area contributed by atoms with Crippen molar-refractivity contribution in [1.29, 1.82) is 5.26 Å². The minimum Gasteiger partial charge on any atom is -0.506 e. The lowest BCUT2D eigenvalue weighted by atomic mass is 10.1. The average molecular weight is 425 g/mol. The number of hydrogen-bond acceptors (Lipinski definition) is 5. The van der Waals surface area contributed by atoms with Gasteiger partial charge in [-0.1, -0.05) is 23.2 Å². The highest BCUT2D eigenvalue weighted by Gasteiger charge is 2.22. The number of methoxy groups -OCH3 is 1. The minimum absolute atomic E-state index is 0.0290. The first kappa shape index (κ1) is 21.4. The quantitative estimate of drug-likeness (QED) is 0.423. The van der Waals surface area contributed by atoms with Crippen molar-refractivity contribution in [3.63, 3.8) is 0 Å². The van der Waals surface area contributed by atoms with Gasteiger partial charge in [0.2, 0.25) is 0 Å². The molecule has 0 saturated carbocycles. The van der Waals surface area contributed by atoms with Gasteiger partial charge in [-0.2, -0.15) is 5.26 Å². The van der Waals surface area contributed by atoms with Crippen LogP contribution in [0.4, 0.5) is 4.39 Å². The molecule has 2 aromatic carbocycles. The van der Waals surface area contributed by atoms with E-state index >= 15 is 0 Å². The number of phenols is 1. The standard InChI is InChI=1S/C19H15Cl2FN2O4/c1-24(9-11-5-12(28-2)3-4-16(11)22)19(27)13(8-23)17(25)10-6-14(20)18(26)15(21)7-10/h3-7,25-26H,9H2,1-2H3/b17-13-. The largest absolute Gasteiger partial charge is 0.506 e. The second kappa shape index (κ2) is 8.83. The Balaban J connectivity index is 2.37. The molecule has 0 heterocycles. The van der Waals surface area contributed by atoms with Crippen LogP contribution in [-0.4, -0.2) is 35.2 Å². The van der Waals surface area contributed by atoms with Gasteiger partial charge in [0.25, 0.3) is 5.91 Å². The molecule has 0 aromatic heterocycles. The Morgan fingerprint density at radius 2 is 1.89 bits per heavy atom. The first-order valence-electron chi connectivity index (χ1n) is 7.79. The zero-order valence-corrected chi connectivity index (χ0v) is 16.3. The van der Waals surface area contributed by atoms with Crippen molar-refractivity contribution in [2.45, 2.75) is 6.54 Å². The summed E-state index contributed by atoms with van der Waals surface area (Å²) in [6.07, 6.45) is 0. The molecule has 28 heavy (non-hydrogen) atoms.